The summed E-state index contributed by atoms with van der Waals surface area (Å²) < 4.78 is 41.4. The summed E-state index contributed by atoms with van der Waals surface area (Å²) in [5.74, 6) is -1.96. The predicted octanol–water partition coefficient (Wildman–Crippen LogP) is 1.28. The van der Waals surface area contributed by atoms with Crippen molar-refractivity contribution < 1.29 is 22.3 Å². The van der Waals surface area contributed by atoms with Gasteiger partial charge in [0.15, 0.2) is 5.82 Å². The fourth-order valence-corrected chi connectivity index (χ4v) is 2.54. The number of rotatable bonds is 7. The number of hydrogen-bond donors (Lipinski definition) is 2. The SMILES string of the molecule is COCCCCNC(=O)c1cc(Cl)cc(S(N)(=O)=O)c1F. The number of unbranched alkanes of at least 4 members (excludes halogenated alkanes) is 1. The summed E-state index contributed by atoms with van der Waals surface area (Å²) in [5, 5.41) is 7.26. The Bertz CT molecular complexity index is 622. The van der Waals surface area contributed by atoms with Gasteiger partial charge in [0.25, 0.3) is 5.91 Å². The summed E-state index contributed by atoms with van der Waals surface area (Å²) in [6.07, 6.45) is 1.38. The second-order valence-corrected chi connectivity index (χ2v) is 6.23. The third-order valence-corrected chi connectivity index (χ3v) is 3.74. The standard InChI is InChI=1S/C12H16ClFN2O4S/c1-20-5-3-2-4-16-12(17)9-6-8(13)7-10(11(9)14)21(15,18)19/h6-7H,2-5H2,1H3,(H,16,17)(H2,15,18,19). The molecule has 0 bridgehead atoms. The van der Waals surface area contributed by atoms with Crippen molar-refractivity contribution in [1.29, 1.82) is 0 Å². The Morgan fingerprint density at radius 2 is 2.10 bits per heavy atom. The first kappa shape index (κ1) is 17.8. The molecule has 6 nitrogen and oxygen atoms in total. The number of nitrogens with two attached hydrogens (primary N) is 1. The second-order valence-electron chi connectivity index (χ2n) is 4.27. The van der Waals surface area contributed by atoms with Crippen molar-refractivity contribution in [3.05, 3.63) is 28.5 Å². The summed E-state index contributed by atoms with van der Waals surface area (Å²) in [5.41, 5.74) is -0.460. The van der Waals surface area contributed by atoms with E-state index in [-0.39, 0.29) is 5.02 Å². The highest BCUT2D eigenvalue weighted by Gasteiger charge is 2.22. The van der Waals surface area contributed by atoms with Crippen LogP contribution >= 0.6 is 11.6 Å². The maximum atomic E-state index is 14.0. The molecule has 0 unspecified atom stereocenters. The topological polar surface area (TPSA) is 98.5 Å². The van der Waals surface area contributed by atoms with Gasteiger partial charge in [0, 0.05) is 25.3 Å². The van der Waals surface area contributed by atoms with Crippen LogP contribution in [-0.4, -0.2) is 34.6 Å². The number of methoxy groups -OCH3 is 1. The van der Waals surface area contributed by atoms with Crippen LogP contribution in [0.15, 0.2) is 17.0 Å². The molecule has 118 valence electrons. The first-order chi connectivity index (χ1) is 9.77. The van der Waals surface area contributed by atoms with Crippen LogP contribution in [0.4, 0.5) is 4.39 Å². The van der Waals surface area contributed by atoms with E-state index in [1.54, 1.807) is 7.11 Å². The lowest BCUT2D eigenvalue weighted by atomic mass is 10.2. The average molecular weight is 339 g/mol. The van der Waals surface area contributed by atoms with E-state index in [1.807, 2.05) is 0 Å². The Kier molecular flexibility index (Phi) is 6.53. The molecule has 0 radical (unpaired) electrons. The van der Waals surface area contributed by atoms with Crippen molar-refractivity contribution >= 4 is 27.5 Å². The number of carbonyl (C=O) groups excluding carboxylic acids is 1. The average Bonchev–Trinajstić information content (AvgIpc) is 2.39. The molecule has 1 aromatic carbocycles. The fraction of sp³-hybridized carbons (Fsp3) is 0.417. The molecule has 0 heterocycles. The molecular weight excluding hydrogens is 323 g/mol. The van der Waals surface area contributed by atoms with Crippen LogP contribution in [0.3, 0.4) is 0 Å². The van der Waals surface area contributed by atoms with E-state index < -0.39 is 32.2 Å². The van der Waals surface area contributed by atoms with Gasteiger partial charge in [0.2, 0.25) is 10.0 Å². The lowest BCUT2D eigenvalue weighted by Crippen LogP contribution is -2.26. The molecule has 0 saturated heterocycles. The van der Waals surface area contributed by atoms with E-state index in [9.17, 15) is 17.6 Å². The molecule has 0 aromatic heterocycles. The summed E-state index contributed by atoms with van der Waals surface area (Å²) in [6.45, 7) is 0.857. The summed E-state index contributed by atoms with van der Waals surface area (Å²) in [7, 11) is -2.74. The van der Waals surface area contributed by atoms with E-state index >= 15 is 0 Å². The molecule has 0 atom stereocenters. The summed E-state index contributed by atoms with van der Waals surface area (Å²) in [6, 6.07) is 1.91. The first-order valence-corrected chi connectivity index (χ1v) is 7.98. The molecule has 21 heavy (non-hydrogen) atoms. The van der Waals surface area contributed by atoms with Gasteiger partial charge < -0.3 is 10.1 Å². The van der Waals surface area contributed by atoms with Crippen molar-refractivity contribution in [3.63, 3.8) is 0 Å². The summed E-state index contributed by atoms with van der Waals surface area (Å²) >= 11 is 5.69. The van der Waals surface area contributed by atoms with Gasteiger partial charge >= 0.3 is 0 Å². The van der Waals surface area contributed by atoms with Gasteiger partial charge in [0.05, 0.1) is 5.56 Å². The van der Waals surface area contributed by atoms with E-state index in [0.29, 0.717) is 19.6 Å². The van der Waals surface area contributed by atoms with Crippen LogP contribution < -0.4 is 10.5 Å². The number of nitrogens with one attached hydrogen (secondary N) is 1. The van der Waals surface area contributed by atoms with E-state index in [1.165, 1.54) is 0 Å². The molecular formula is C12H16ClFN2O4S. The van der Waals surface area contributed by atoms with Gasteiger partial charge in [-0.3, -0.25) is 4.79 Å². The predicted molar refractivity (Wildman–Crippen MR) is 76.2 cm³/mol. The molecule has 0 aliphatic rings. The molecule has 1 rings (SSSR count). The Morgan fingerprint density at radius 1 is 1.43 bits per heavy atom. The summed E-state index contributed by atoms with van der Waals surface area (Å²) in [4.78, 5) is 11.0. The maximum Gasteiger partial charge on any atom is 0.254 e. The van der Waals surface area contributed by atoms with E-state index in [4.69, 9.17) is 21.5 Å². The van der Waals surface area contributed by atoms with Crippen LogP contribution in [0.2, 0.25) is 5.02 Å². The normalized spacial score (nSPS) is 11.4. The van der Waals surface area contributed by atoms with Crippen LogP contribution in [0, 0.1) is 5.82 Å². The van der Waals surface area contributed by atoms with Gasteiger partial charge in [-0.1, -0.05) is 11.6 Å². The maximum absolute atomic E-state index is 14.0. The minimum absolute atomic E-state index is 0.0926. The van der Waals surface area contributed by atoms with Gasteiger partial charge in [-0.05, 0) is 25.0 Å². The zero-order valence-electron chi connectivity index (χ0n) is 11.4. The quantitative estimate of drug-likeness (QED) is 0.732. The number of sulfonamides is 1. The van der Waals surface area contributed by atoms with Crippen molar-refractivity contribution in [2.45, 2.75) is 17.7 Å². The number of hydrogen-bond acceptors (Lipinski definition) is 4. The van der Waals surface area contributed by atoms with Crippen molar-refractivity contribution in [3.8, 4) is 0 Å². The number of benzene rings is 1. The lowest BCUT2D eigenvalue weighted by Gasteiger charge is -2.09. The molecule has 0 spiro atoms. The van der Waals surface area contributed by atoms with Gasteiger partial charge in [-0.25, -0.2) is 17.9 Å². The molecule has 0 aliphatic heterocycles. The van der Waals surface area contributed by atoms with Crippen molar-refractivity contribution in [2.24, 2.45) is 5.14 Å². The molecule has 0 fully saturated rings. The molecule has 1 amide bonds. The van der Waals surface area contributed by atoms with E-state index in [2.05, 4.69) is 5.32 Å². The van der Waals surface area contributed by atoms with Crippen LogP contribution in [0.1, 0.15) is 23.2 Å². The highest BCUT2D eigenvalue weighted by molar-refractivity contribution is 7.89. The number of halogens is 2. The van der Waals surface area contributed by atoms with Crippen LogP contribution in [0.5, 0.6) is 0 Å². The minimum atomic E-state index is -4.30. The number of primary sulfonamides is 1. The van der Waals surface area contributed by atoms with Crippen LogP contribution in [-0.2, 0) is 14.8 Å². The number of carbonyl (C=O) groups is 1. The van der Waals surface area contributed by atoms with Crippen molar-refractivity contribution in [1.82, 2.24) is 5.32 Å². The third kappa shape index (κ3) is 5.24. The molecule has 9 heteroatoms. The van der Waals surface area contributed by atoms with E-state index in [0.717, 1.165) is 18.6 Å². The lowest BCUT2D eigenvalue weighted by molar-refractivity contribution is 0.0947. The van der Waals surface area contributed by atoms with Gasteiger partial charge in [-0.2, -0.15) is 0 Å². The first-order valence-electron chi connectivity index (χ1n) is 6.06. The van der Waals surface area contributed by atoms with Gasteiger partial charge in [-0.15, -0.1) is 0 Å². The second kappa shape index (κ2) is 7.69. The zero-order valence-corrected chi connectivity index (χ0v) is 12.9. The van der Waals surface area contributed by atoms with Crippen molar-refractivity contribution in [2.75, 3.05) is 20.3 Å². The van der Waals surface area contributed by atoms with Gasteiger partial charge in [0.1, 0.15) is 4.90 Å². The Morgan fingerprint density at radius 3 is 2.67 bits per heavy atom. The third-order valence-electron chi connectivity index (χ3n) is 2.62. The molecule has 0 aliphatic carbocycles. The smallest absolute Gasteiger partial charge is 0.254 e. The molecule has 0 saturated carbocycles. The number of ether oxygens (including phenoxy) is 1. The fourth-order valence-electron chi connectivity index (χ4n) is 1.61. The number of amides is 1. The molecule has 3 N–H and O–H groups in total. The Balaban J connectivity index is 2.88. The van der Waals surface area contributed by atoms with Crippen LogP contribution in [0.25, 0.3) is 0 Å². The highest BCUT2D eigenvalue weighted by Crippen LogP contribution is 2.22. The Labute approximate surface area is 127 Å². The monoisotopic (exact) mass is 338 g/mol. The largest absolute Gasteiger partial charge is 0.385 e. The Hall–Kier alpha value is -1.22. The zero-order chi connectivity index (χ0) is 16.0. The molecule has 1 aromatic rings. The highest BCUT2D eigenvalue weighted by atomic mass is 35.5. The minimum Gasteiger partial charge on any atom is -0.385 e.